The number of hydrogen-bond acceptors (Lipinski definition) is 3. The molecule has 162 valence electrons. The maximum absolute atomic E-state index is 13.2. The van der Waals surface area contributed by atoms with E-state index in [0.717, 1.165) is 17.5 Å². The fourth-order valence-electron chi connectivity index (χ4n) is 3.09. The number of amides is 2. The number of benzene rings is 2. The van der Waals surface area contributed by atoms with Gasteiger partial charge in [0.15, 0.2) is 0 Å². The number of nitrogens with zero attached hydrogens (tertiary/aromatic N) is 1. The van der Waals surface area contributed by atoms with Crippen molar-refractivity contribution >= 4 is 35.2 Å². The highest BCUT2D eigenvalue weighted by Gasteiger charge is 2.29. The standard InChI is InChI=1S/C24H31ClN2O2S/c1-4-18(3)26-24(29)22(5-2)27(15-19-11-7-6-8-12-19)23(28)17-30-16-20-13-9-10-14-21(20)25/h6-14,18,22H,4-5,15-17H2,1-3H3,(H,26,29)/t18-,22-/m1/s1. The molecule has 0 aliphatic carbocycles. The van der Waals surface area contributed by atoms with Gasteiger partial charge in [0.05, 0.1) is 5.75 Å². The SMILES string of the molecule is CC[C@@H](C)NC(=O)[C@@H](CC)N(Cc1ccccc1)C(=O)CSCc1ccccc1Cl. The summed E-state index contributed by atoms with van der Waals surface area (Å²) >= 11 is 7.74. The molecule has 2 aromatic carbocycles. The van der Waals surface area contributed by atoms with Gasteiger partial charge in [-0.15, -0.1) is 11.8 Å². The number of thioether (sulfide) groups is 1. The summed E-state index contributed by atoms with van der Waals surface area (Å²) < 4.78 is 0. The Kier molecular flexibility index (Phi) is 10.2. The lowest BCUT2D eigenvalue weighted by Crippen LogP contribution is -2.51. The number of hydrogen-bond donors (Lipinski definition) is 1. The van der Waals surface area contributed by atoms with Crippen LogP contribution in [0.5, 0.6) is 0 Å². The summed E-state index contributed by atoms with van der Waals surface area (Å²) in [5.41, 5.74) is 2.02. The van der Waals surface area contributed by atoms with Crippen LogP contribution in [0.2, 0.25) is 5.02 Å². The summed E-state index contributed by atoms with van der Waals surface area (Å²) in [6.45, 7) is 6.37. The van der Waals surface area contributed by atoms with Crippen molar-refractivity contribution < 1.29 is 9.59 Å². The molecule has 4 nitrogen and oxygen atoms in total. The smallest absolute Gasteiger partial charge is 0.243 e. The summed E-state index contributed by atoms with van der Waals surface area (Å²) in [6, 6.07) is 17.1. The molecule has 0 saturated heterocycles. The van der Waals surface area contributed by atoms with Crippen LogP contribution in [0.1, 0.15) is 44.7 Å². The van der Waals surface area contributed by atoms with Crippen molar-refractivity contribution in [1.29, 1.82) is 0 Å². The molecular formula is C24H31ClN2O2S. The number of nitrogens with one attached hydrogen (secondary N) is 1. The Morgan fingerprint density at radius 3 is 2.33 bits per heavy atom. The van der Waals surface area contributed by atoms with Crippen LogP contribution in [0, 0.1) is 0 Å². The lowest BCUT2D eigenvalue weighted by molar-refractivity contribution is -0.139. The van der Waals surface area contributed by atoms with E-state index in [2.05, 4.69) is 5.32 Å². The van der Waals surface area contributed by atoms with Crippen LogP contribution in [0.3, 0.4) is 0 Å². The fourth-order valence-corrected chi connectivity index (χ4v) is 4.28. The van der Waals surface area contributed by atoms with Gasteiger partial charge >= 0.3 is 0 Å². The molecule has 0 aliphatic rings. The number of carbonyl (C=O) groups excluding carboxylic acids is 2. The van der Waals surface area contributed by atoms with Crippen LogP contribution < -0.4 is 5.32 Å². The first-order valence-electron chi connectivity index (χ1n) is 10.4. The average molecular weight is 447 g/mol. The molecule has 0 bridgehead atoms. The molecule has 0 aromatic heterocycles. The second-order valence-electron chi connectivity index (χ2n) is 7.33. The summed E-state index contributed by atoms with van der Waals surface area (Å²) in [4.78, 5) is 27.8. The minimum absolute atomic E-state index is 0.0398. The van der Waals surface area contributed by atoms with Crippen LogP contribution >= 0.6 is 23.4 Å². The van der Waals surface area contributed by atoms with Crippen molar-refractivity contribution in [1.82, 2.24) is 10.2 Å². The summed E-state index contributed by atoms with van der Waals surface area (Å²) in [6.07, 6.45) is 1.42. The van der Waals surface area contributed by atoms with Crippen molar-refractivity contribution in [2.24, 2.45) is 0 Å². The molecule has 0 saturated carbocycles. The predicted octanol–water partition coefficient (Wildman–Crippen LogP) is 5.30. The number of carbonyl (C=O) groups is 2. The van der Waals surface area contributed by atoms with Crippen LogP contribution in [-0.4, -0.2) is 34.6 Å². The summed E-state index contributed by atoms with van der Waals surface area (Å²) in [7, 11) is 0. The Hall–Kier alpha value is -1.98. The van der Waals surface area contributed by atoms with Crippen molar-refractivity contribution in [3.63, 3.8) is 0 Å². The van der Waals surface area contributed by atoms with Gasteiger partial charge in [-0.3, -0.25) is 9.59 Å². The Bertz CT molecular complexity index is 816. The van der Waals surface area contributed by atoms with E-state index in [4.69, 9.17) is 11.6 Å². The molecule has 2 rings (SSSR count). The van der Waals surface area contributed by atoms with Gasteiger partial charge < -0.3 is 10.2 Å². The molecule has 0 unspecified atom stereocenters. The molecular weight excluding hydrogens is 416 g/mol. The molecule has 2 amide bonds. The molecule has 6 heteroatoms. The number of rotatable bonds is 11. The molecule has 2 atom stereocenters. The predicted molar refractivity (Wildman–Crippen MR) is 127 cm³/mol. The molecule has 0 radical (unpaired) electrons. The van der Waals surface area contributed by atoms with Crippen LogP contribution in [-0.2, 0) is 21.9 Å². The van der Waals surface area contributed by atoms with E-state index in [1.807, 2.05) is 75.4 Å². The van der Waals surface area contributed by atoms with E-state index >= 15 is 0 Å². The lowest BCUT2D eigenvalue weighted by atomic mass is 10.1. The zero-order valence-electron chi connectivity index (χ0n) is 17.9. The topological polar surface area (TPSA) is 49.4 Å². The molecule has 0 fully saturated rings. The zero-order valence-corrected chi connectivity index (χ0v) is 19.5. The van der Waals surface area contributed by atoms with Crippen molar-refractivity contribution in [2.75, 3.05) is 5.75 Å². The quantitative estimate of drug-likeness (QED) is 0.509. The van der Waals surface area contributed by atoms with Gasteiger partial charge in [-0.1, -0.05) is 74.0 Å². The maximum Gasteiger partial charge on any atom is 0.243 e. The monoisotopic (exact) mass is 446 g/mol. The minimum atomic E-state index is -0.493. The maximum atomic E-state index is 13.2. The highest BCUT2D eigenvalue weighted by molar-refractivity contribution is 7.99. The van der Waals surface area contributed by atoms with Crippen molar-refractivity contribution in [2.45, 2.75) is 58.0 Å². The first-order chi connectivity index (χ1) is 14.5. The normalized spacial score (nSPS) is 12.8. The average Bonchev–Trinajstić information content (AvgIpc) is 2.75. The molecule has 0 heterocycles. The Morgan fingerprint density at radius 2 is 1.70 bits per heavy atom. The molecule has 1 N–H and O–H groups in total. The van der Waals surface area contributed by atoms with E-state index in [1.165, 1.54) is 11.8 Å². The molecule has 2 aromatic rings. The second kappa shape index (κ2) is 12.7. The third-order valence-electron chi connectivity index (χ3n) is 5.02. The first-order valence-corrected chi connectivity index (χ1v) is 11.9. The van der Waals surface area contributed by atoms with Crippen molar-refractivity contribution in [3.05, 3.63) is 70.7 Å². The molecule has 30 heavy (non-hydrogen) atoms. The van der Waals surface area contributed by atoms with Gasteiger partial charge in [0.2, 0.25) is 11.8 Å². The van der Waals surface area contributed by atoms with Crippen LogP contribution in [0.15, 0.2) is 54.6 Å². The summed E-state index contributed by atoms with van der Waals surface area (Å²) in [5, 5.41) is 3.74. The number of halogens is 1. The minimum Gasteiger partial charge on any atom is -0.352 e. The van der Waals surface area contributed by atoms with E-state index in [1.54, 1.807) is 4.90 Å². The van der Waals surface area contributed by atoms with Gasteiger partial charge in [-0.05, 0) is 37.0 Å². The molecule has 0 spiro atoms. The highest BCUT2D eigenvalue weighted by atomic mass is 35.5. The van der Waals surface area contributed by atoms with Crippen LogP contribution in [0.4, 0.5) is 0 Å². The third-order valence-corrected chi connectivity index (χ3v) is 6.36. The Balaban J connectivity index is 2.11. The first kappa shape index (κ1) is 24.3. The van der Waals surface area contributed by atoms with Gasteiger partial charge in [-0.2, -0.15) is 0 Å². The fraction of sp³-hybridized carbons (Fsp3) is 0.417. The van der Waals surface area contributed by atoms with Gasteiger partial charge in [0.25, 0.3) is 0 Å². The van der Waals surface area contributed by atoms with E-state index < -0.39 is 6.04 Å². The van der Waals surface area contributed by atoms with Gasteiger partial charge in [0, 0.05) is 23.4 Å². The Morgan fingerprint density at radius 1 is 1.03 bits per heavy atom. The summed E-state index contributed by atoms with van der Waals surface area (Å²) in [5.74, 6) is 0.820. The lowest BCUT2D eigenvalue weighted by Gasteiger charge is -2.31. The van der Waals surface area contributed by atoms with E-state index in [-0.39, 0.29) is 17.9 Å². The second-order valence-corrected chi connectivity index (χ2v) is 8.73. The van der Waals surface area contributed by atoms with E-state index in [0.29, 0.717) is 29.5 Å². The Labute approximate surface area is 189 Å². The highest BCUT2D eigenvalue weighted by Crippen LogP contribution is 2.22. The van der Waals surface area contributed by atoms with Gasteiger partial charge in [0.1, 0.15) is 6.04 Å². The third kappa shape index (κ3) is 7.37. The molecule has 0 aliphatic heterocycles. The van der Waals surface area contributed by atoms with E-state index in [9.17, 15) is 9.59 Å². The van der Waals surface area contributed by atoms with Crippen LogP contribution in [0.25, 0.3) is 0 Å². The largest absolute Gasteiger partial charge is 0.352 e. The van der Waals surface area contributed by atoms with Crippen molar-refractivity contribution in [3.8, 4) is 0 Å². The van der Waals surface area contributed by atoms with Gasteiger partial charge in [-0.25, -0.2) is 0 Å². The zero-order chi connectivity index (χ0) is 21.9.